The standard InChI is InChI=1S/C22H29N3O3S/c1-4-6-13-25-21-14-18(28-3)11-12-19(21)20(15-23)22(25)16-7-9-17(10-8-16)24-29(26,27)5-2/h7,9-12,16,21,24H,4-6,8,13-14H2,1-3H3. The molecule has 6 nitrogen and oxygen atoms in total. The minimum atomic E-state index is -3.29. The van der Waals surface area contributed by atoms with E-state index in [0.717, 1.165) is 48.4 Å². The zero-order chi connectivity index (χ0) is 21.0. The van der Waals surface area contributed by atoms with Gasteiger partial charge >= 0.3 is 0 Å². The van der Waals surface area contributed by atoms with Crippen LogP contribution in [0.2, 0.25) is 0 Å². The van der Waals surface area contributed by atoms with Crippen molar-refractivity contribution in [1.82, 2.24) is 9.62 Å². The van der Waals surface area contributed by atoms with Crippen LogP contribution in [0.4, 0.5) is 0 Å². The van der Waals surface area contributed by atoms with Crippen LogP contribution in [0.25, 0.3) is 0 Å². The lowest BCUT2D eigenvalue weighted by atomic mass is 9.91. The second-order valence-corrected chi connectivity index (χ2v) is 9.48. The number of ether oxygens (including phenoxy) is 1. The van der Waals surface area contributed by atoms with Crippen LogP contribution in [-0.4, -0.2) is 38.8 Å². The summed E-state index contributed by atoms with van der Waals surface area (Å²) >= 11 is 0. The fourth-order valence-corrected chi connectivity index (χ4v) is 4.73. The summed E-state index contributed by atoms with van der Waals surface area (Å²) in [6.45, 7) is 4.67. The maximum Gasteiger partial charge on any atom is 0.232 e. The number of nitriles is 1. The molecule has 0 aromatic rings. The third-order valence-corrected chi connectivity index (χ3v) is 6.97. The maximum absolute atomic E-state index is 11.8. The molecule has 0 spiro atoms. The number of fused-ring (bicyclic) bond motifs is 1. The Labute approximate surface area is 174 Å². The molecule has 29 heavy (non-hydrogen) atoms. The molecule has 3 rings (SSSR count). The van der Waals surface area contributed by atoms with Gasteiger partial charge in [0, 0.05) is 30.3 Å². The molecule has 1 aliphatic heterocycles. The zero-order valence-corrected chi connectivity index (χ0v) is 18.1. The monoisotopic (exact) mass is 415 g/mol. The Kier molecular flexibility index (Phi) is 6.53. The highest BCUT2D eigenvalue weighted by atomic mass is 32.2. The van der Waals surface area contributed by atoms with E-state index in [0.29, 0.717) is 12.1 Å². The summed E-state index contributed by atoms with van der Waals surface area (Å²) in [7, 11) is -1.61. The van der Waals surface area contributed by atoms with Gasteiger partial charge in [-0.2, -0.15) is 5.26 Å². The van der Waals surface area contributed by atoms with Crippen LogP contribution in [-0.2, 0) is 14.8 Å². The van der Waals surface area contributed by atoms with E-state index >= 15 is 0 Å². The summed E-state index contributed by atoms with van der Waals surface area (Å²) in [5.74, 6) is 1.02. The zero-order valence-electron chi connectivity index (χ0n) is 17.3. The van der Waals surface area contributed by atoms with Crippen molar-refractivity contribution >= 4 is 10.0 Å². The Morgan fingerprint density at radius 3 is 2.72 bits per heavy atom. The molecular weight excluding hydrogens is 386 g/mol. The van der Waals surface area contributed by atoms with Gasteiger partial charge in [0.05, 0.1) is 30.2 Å². The number of hydrogen-bond acceptors (Lipinski definition) is 5. The number of unbranched alkanes of at least 4 members (excludes halogenated alkanes) is 1. The minimum Gasteiger partial charge on any atom is -0.501 e. The fourth-order valence-electron chi connectivity index (χ4n) is 4.08. The molecule has 2 atom stereocenters. The van der Waals surface area contributed by atoms with Crippen molar-refractivity contribution in [3.05, 3.63) is 58.7 Å². The summed E-state index contributed by atoms with van der Waals surface area (Å²) in [5.41, 5.74) is 3.46. The first kappa shape index (κ1) is 21.3. The summed E-state index contributed by atoms with van der Waals surface area (Å²) in [5, 5.41) is 9.95. The average Bonchev–Trinajstić information content (AvgIpc) is 3.05. The number of nitrogens with one attached hydrogen (secondary N) is 1. The van der Waals surface area contributed by atoms with Crippen molar-refractivity contribution in [1.29, 1.82) is 5.26 Å². The van der Waals surface area contributed by atoms with Crippen molar-refractivity contribution in [2.24, 2.45) is 5.92 Å². The Balaban J connectivity index is 1.90. The summed E-state index contributed by atoms with van der Waals surface area (Å²) in [4.78, 5) is 2.37. The molecule has 0 amide bonds. The van der Waals surface area contributed by atoms with Crippen LogP contribution in [0, 0.1) is 17.2 Å². The maximum atomic E-state index is 11.8. The highest BCUT2D eigenvalue weighted by Crippen LogP contribution is 2.43. The number of allylic oxidation sites excluding steroid dienone is 5. The SMILES string of the molecule is CCCCN1C(C2C=CC(NS(=O)(=O)CC)=CC2)=C(C#N)C2=CC=C(OC)CC21. The lowest BCUT2D eigenvalue weighted by Gasteiger charge is -2.34. The third-order valence-electron chi connectivity index (χ3n) is 5.66. The third kappa shape index (κ3) is 4.43. The number of hydrogen-bond donors (Lipinski definition) is 1. The number of methoxy groups -OCH3 is 1. The molecule has 2 aliphatic carbocycles. The minimum absolute atomic E-state index is 0.0425. The number of nitrogens with zero attached hydrogens (tertiary/aromatic N) is 2. The van der Waals surface area contributed by atoms with Gasteiger partial charge in [-0.25, -0.2) is 8.42 Å². The highest BCUT2D eigenvalue weighted by molar-refractivity contribution is 7.89. The molecule has 0 aromatic carbocycles. The Morgan fingerprint density at radius 2 is 2.14 bits per heavy atom. The van der Waals surface area contributed by atoms with Crippen molar-refractivity contribution in [3.63, 3.8) is 0 Å². The van der Waals surface area contributed by atoms with Crippen LogP contribution >= 0.6 is 0 Å². The van der Waals surface area contributed by atoms with E-state index in [9.17, 15) is 13.7 Å². The Morgan fingerprint density at radius 1 is 1.34 bits per heavy atom. The van der Waals surface area contributed by atoms with E-state index in [4.69, 9.17) is 4.74 Å². The quantitative estimate of drug-likeness (QED) is 0.656. The Bertz CT molecular complexity index is 948. The van der Waals surface area contributed by atoms with E-state index in [2.05, 4.69) is 22.6 Å². The van der Waals surface area contributed by atoms with Gasteiger partial charge < -0.3 is 9.64 Å². The van der Waals surface area contributed by atoms with Gasteiger partial charge in [-0.05, 0) is 37.5 Å². The lowest BCUT2D eigenvalue weighted by molar-refractivity contribution is 0.220. The molecule has 2 unspecified atom stereocenters. The van der Waals surface area contributed by atoms with Crippen LogP contribution in [0.5, 0.6) is 0 Å². The van der Waals surface area contributed by atoms with Crippen LogP contribution in [0.1, 0.15) is 39.5 Å². The van der Waals surface area contributed by atoms with E-state index in [-0.39, 0.29) is 17.7 Å². The van der Waals surface area contributed by atoms with E-state index < -0.39 is 10.0 Å². The van der Waals surface area contributed by atoms with Gasteiger partial charge in [-0.3, -0.25) is 4.72 Å². The summed E-state index contributed by atoms with van der Waals surface area (Å²) < 4.78 is 31.7. The van der Waals surface area contributed by atoms with Gasteiger partial charge in [0.15, 0.2) is 0 Å². The number of sulfonamides is 1. The van der Waals surface area contributed by atoms with Gasteiger partial charge in [-0.1, -0.05) is 31.6 Å². The second kappa shape index (κ2) is 8.91. The summed E-state index contributed by atoms with van der Waals surface area (Å²) in [6.07, 6.45) is 13.3. The largest absolute Gasteiger partial charge is 0.501 e. The molecule has 3 aliphatic rings. The lowest BCUT2D eigenvalue weighted by Crippen LogP contribution is -2.35. The van der Waals surface area contributed by atoms with Crippen molar-refractivity contribution in [3.8, 4) is 6.07 Å². The molecule has 0 saturated heterocycles. The van der Waals surface area contributed by atoms with Gasteiger partial charge in [0.25, 0.3) is 0 Å². The van der Waals surface area contributed by atoms with E-state index in [1.54, 1.807) is 14.0 Å². The molecule has 1 heterocycles. The molecule has 0 saturated carbocycles. The van der Waals surface area contributed by atoms with Gasteiger partial charge in [0.2, 0.25) is 10.0 Å². The van der Waals surface area contributed by atoms with Crippen LogP contribution in [0.3, 0.4) is 0 Å². The Hall–Kier alpha value is -2.46. The smallest absolute Gasteiger partial charge is 0.232 e. The fraction of sp³-hybridized carbons (Fsp3) is 0.500. The van der Waals surface area contributed by atoms with Crippen molar-refractivity contribution in [2.45, 2.75) is 45.6 Å². The second-order valence-electron chi connectivity index (χ2n) is 7.46. The number of rotatable bonds is 8. The van der Waals surface area contributed by atoms with E-state index in [1.165, 1.54) is 0 Å². The summed E-state index contributed by atoms with van der Waals surface area (Å²) in [6, 6.07) is 2.57. The first-order valence-corrected chi connectivity index (χ1v) is 11.8. The first-order chi connectivity index (χ1) is 13.9. The average molecular weight is 416 g/mol. The molecule has 7 heteroatoms. The van der Waals surface area contributed by atoms with E-state index in [1.807, 2.05) is 30.4 Å². The normalized spacial score (nSPS) is 23.8. The van der Waals surface area contributed by atoms with Crippen molar-refractivity contribution in [2.75, 3.05) is 19.4 Å². The molecule has 0 fully saturated rings. The first-order valence-electron chi connectivity index (χ1n) is 10.2. The molecular formula is C22H29N3O3S. The van der Waals surface area contributed by atoms with Gasteiger partial charge in [-0.15, -0.1) is 0 Å². The van der Waals surface area contributed by atoms with Gasteiger partial charge in [0.1, 0.15) is 6.07 Å². The van der Waals surface area contributed by atoms with Crippen LogP contribution < -0.4 is 4.72 Å². The predicted octanol–water partition coefficient (Wildman–Crippen LogP) is 3.51. The topological polar surface area (TPSA) is 82.4 Å². The molecule has 0 aromatic heterocycles. The molecule has 0 radical (unpaired) electrons. The van der Waals surface area contributed by atoms with Crippen LogP contribution in [0.15, 0.2) is 58.7 Å². The molecule has 1 N–H and O–H groups in total. The molecule has 0 bridgehead atoms. The predicted molar refractivity (Wildman–Crippen MR) is 114 cm³/mol. The molecule has 156 valence electrons. The van der Waals surface area contributed by atoms with Crippen molar-refractivity contribution < 1.29 is 13.2 Å². The highest BCUT2D eigenvalue weighted by Gasteiger charge is 2.40.